The first kappa shape index (κ1) is 20.3. The third-order valence-electron chi connectivity index (χ3n) is 5.18. The maximum Gasteiger partial charge on any atom is 0.292 e. The SMILES string of the molecule is CC1(C)Cc2c(sc(NC(=O)c3cc(=O)c4ccccc4o3)c2C(N)=O)C(C)(C)N1. The average molecular weight is 426 g/mol. The zero-order chi connectivity index (χ0) is 21.8. The highest BCUT2D eigenvalue weighted by Gasteiger charge is 2.41. The fourth-order valence-corrected chi connectivity index (χ4v) is 5.53. The highest BCUT2D eigenvalue weighted by Crippen LogP contribution is 2.45. The molecule has 4 N–H and O–H groups in total. The third-order valence-corrected chi connectivity index (χ3v) is 6.65. The highest BCUT2D eigenvalue weighted by atomic mass is 32.1. The lowest BCUT2D eigenvalue weighted by Gasteiger charge is -2.42. The molecule has 7 nitrogen and oxygen atoms in total. The van der Waals surface area contributed by atoms with Gasteiger partial charge in [0, 0.05) is 22.0 Å². The van der Waals surface area contributed by atoms with Crippen molar-refractivity contribution < 1.29 is 14.0 Å². The molecule has 1 aromatic carbocycles. The van der Waals surface area contributed by atoms with E-state index in [1.165, 1.54) is 11.3 Å². The lowest BCUT2D eigenvalue weighted by atomic mass is 9.81. The maximum atomic E-state index is 12.9. The quantitative estimate of drug-likeness (QED) is 0.595. The minimum atomic E-state index is -0.607. The van der Waals surface area contributed by atoms with Crippen molar-refractivity contribution in [3.63, 3.8) is 0 Å². The molecule has 2 aromatic heterocycles. The molecule has 0 saturated carbocycles. The summed E-state index contributed by atoms with van der Waals surface area (Å²) < 4.78 is 5.62. The Morgan fingerprint density at radius 2 is 1.90 bits per heavy atom. The summed E-state index contributed by atoms with van der Waals surface area (Å²) in [6.45, 7) is 8.17. The Kier molecular flexibility index (Phi) is 4.59. The van der Waals surface area contributed by atoms with Gasteiger partial charge in [-0.2, -0.15) is 0 Å². The first-order valence-corrected chi connectivity index (χ1v) is 10.4. The summed E-state index contributed by atoms with van der Waals surface area (Å²) in [5.74, 6) is -1.33. The minimum absolute atomic E-state index is 0.127. The number of benzene rings is 1. The number of thiophene rings is 1. The van der Waals surface area contributed by atoms with E-state index in [9.17, 15) is 14.4 Å². The van der Waals surface area contributed by atoms with Crippen molar-refractivity contribution in [1.29, 1.82) is 0 Å². The van der Waals surface area contributed by atoms with Gasteiger partial charge in [0.1, 0.15) is 10.6 Å². The molecule has 0 atom stereocenters. The second-order valence-electron chi connectivity index (χ2n) is 8.71. The Labute approximate surface area is 177 Å². The van der Waals surface area contributed by atoms with E-state index in [2.05, 4.69) is 24.5 Å². The summed E-state index contributed by atoms with van der Waals surface area (Å²) in [7, 11) is 0. The van der Waals surface area contributed by atoms with Crippen LogP contribution in [0.1, 0.15) is 59.0 Å². The van der Waals surface area contributed by atoms with Gasteiger partial charge in [-0.15, -0.1) is 11.3 Å². The Morgan fingerprint density at radius 3 is 2.60 bits per heavy atom. The third kappa shape index (κ3) is 3.42. The number of primary amides is 1. The maximum absolute atomic E-state index is 12.9. The number of nitrogens with one attached hydrogen (secondary N) is 2. The predicted octanol–water partition coefficient (Wildman–Crippen LogP) is 3.37. The Hall–Kier alpha value is -2.97. The Balaban J connectivity index is 1.77. The van der Waals surface area contributed by atoms with Crippen molar-refractivity contribution in [3.05, 3.63) is 62.3 Å². The van der Waals surface area contributed by atoms with E-state index in [4.69, 9.17) is 10.2 Å². The summed E-state index contributed by atoms with van der Waals surface area (Å²) in [5, 5.41) is 7.07. The molecule has 30 heavy (non-hydrogen) atoms. The molecule has 0 fully saturated rings. The summed E-state index contributed by atoms with van der Waals surface area (Å²) in [6.07, 6.45) is 0.599. The molecule has 8 heteroatoms. The Morgan fingerprint density at radius 1 is 1.20 bits per heavy atom. The van der Waals surface area contributed by atoms with Gasteiger partial charge < -0.3 is 20.8 Å². The predicted molar refractivity (Wildman–Crippen MR) is 117 cm³/mol. The van der Waals surface area contributed by atoms with Gasteiger partial charge in [0.15, 0.2) is 11.2 Å². The zero-order valence-corrected chi connectivity index (χ0v) is 18.0. The van der Waals surface area contributed by atoms with Crippen LogP contribution in [0.2, 0.25) is 0 Å². The number of hydrogen-bond acceptors (Lipinski definition) is 6. The summed E-state index contributed by atoms with van der Waals surface area (Å²) in [4.78, 5) is 38.5. The van der Waals surface area contributed by atoms with Gasteiger partial charge in [0.2, 0.25) is 0 Å². The number of carbonyl (C=O) groups is 2. The van der Waals surface area contributed by atoms with Crippen molar-refractivity contribution in [3.8, 4) is 0 Å². The first-order chi connectivity index (χ1) is 14.0. The van der Waals surface area contributed by atoms with Crippen LogP contribution in [0, 0.1) is 0 Å². The van der Waals surface area contributed by atoms with Crippen LogP contribution in [0.15, 0.2) is 39.5 Å². The topological polar surface area (TPSA) is 114 Å². The van der Waals surface area contributed by atoms with Crippen LogP contribution in [-0.2, 0) is 12.0 Å². The van der Waals surface area contributed by atoms with E-state index >= 15 is 0 Å². The molecular weight excluding hydrogens is 402 g/mol. The van der Waals surface area contributed by atoms with E-state index in [1.807, 2.05) is 13.8 Å². The van der Waals surface area contributed by atoms with Crippen LogP contribution >= 0.6 is 11.3 Å². The molecule has 0 spiro atoms. The Bertz CT molecular complexity index is 1250. The number of rotatable bonds is 3. The monoisotopic (exact) mass is 425 g/mol. The van der Waals surface area contributed by atoms with E-state index in [-0.39, 0.29) is 16.7 Å². The van der Waals surface area contributed by atoms with Gasteiger partial charge in [-0.25, -0.2) is 0 Å². The normalized spacial score (nSPS) is 16.8. The molecule has 2 amide bonds. The van der Waals surface area contributed by atoms with Crippen LogP contribution in [0.4, 0.5) is 5.00 Å². The first-order valence-electron chi connectivity index (χ1n) is 9.58. The van der Waals surface area contributed by atoms with Crippen LogP contribution in [0.3, 0.4) is 0 Å². The molecule has 3 heterocycles. The average Bonchev–Trinajstić information content (AvgIpc) is 2.98. The van der Waals surface area contributed by atoms with E-state index in [0.717, 1.165) is 16.5 Å². The number of fused-ring (bicyclic) bond motifs is 2. The van der Waals surface area contributed by atoms with E-state index in [1.54, 1.807) is 24.3 Å². The second kappa shape index (κ2) is 6.78. The van der Waals surface area contributed by atoms with Crippen molar-refractivity contribution in [2.75, 3.05) is 5.32 Å². The van der Waals surface area contributed by atoms with Crippen LogP contribution in [0.25, 0.3) is 11.0 Å². The smallest absolute Gasteiger partial charge is 0.292 e. The van der Waals surface area contributed by atoms with Crippen molar-refractivity contribution in [2.45, 2.75) is 45.2 Å². The van der Waals surface area contributed by atoms with Crippen LogP contribution in [-0.4, -0.2) is 17.4 Å². The van der Waals surface area contributed by atoms with Gasteiger partial charge in [0.25, 0.3) is 11.8 Å². The van der Waals surface area contributed by atoms with Crippen molar-refractivity contribution in [1.82, 2.24) is 5.32 Å². The van der Waals surface area contributed by atoms with Gasteiger partial charge in [-0.3, -0.25) is 14.4 Å². The highest BCUT2D eigenvalue weighted by molar-refractivity contribution is 7.17. The number of amides is 2. The largest absolute Gasteiger partial charge is 0.451 e. The molecule has 0 radical (unpaired) electrons. The van der Waals surface area contributed by atoms with Gasteiger partial charge in [-0.05, 0) is 51.8 Å². The summed E-state index contributed by atoms with van der Waals surface area (Å²) in [5.41, 5.74) is 6.23. The second-order valence-corrected chi connectivity index (χ2v) is 9.73. The lowest BCUT2D eigenvalue weighted by Crippen LogP contribution is -2.55. The van der Waals surface area contributed by atoms with Crippen molar-refractivity contribution >= 4 is 39.1 Å². The molecule has 0 bridgehead atoms. The molecule has 1 aliphatic rings. The molecule has 3 aromatic rings. The number of nitrogens with two attached hydrogens (primary N) is 1. The fraction of sp³-hybridized carbons (Fsp3) is 0.318. The summed E-state index contributed by atoms with van der Waals surface area (Å²) >= 11 is 1.31. The van der Waals surface area contributed by atoms with E-state index < -0.39 is 17.4 Å². The molecular formula is C22H23N3O4S. The minimum Gasteiger partial charge on any atom is -0.451 e. The van der Waals surface area contributed by atoms with Crippen LogP contribution < -0.4 is 21.8 Å². The molecule has 0 saturated heterocycles. The molecule has 1 aliphatic heterocycles. The summed E-state index contributed by atoms with van der Waals surface area (Å²) in [6, 6.07) is 7.87. The lowest BCUT2D eigenvalue weighted by molar-refractivity contribution is 0.0997. The van der Waals surface area contributed by atoms with Crippen LogP contribution in [0.5, 0.6) is 0 Å². The molecule has 4 rings (SSSR count). The van der Waals surface area contributed by atoms with Gasteiger partial charge in [0.05, 0.1) is 10.9 Å². The number of hydrogen-bond donors (Lipinski definition) is 3. The van der Waals surface area contributed by atoms with E-state index in [0.29, 0.717) is 28.0 Å². The fourth-order valence-electron chi connectivity index (χ4n) is 4.26. The zero-order valence-electron chi connectivity index (χ0n) is 17.2. The molecule has 0 unspecified atom stereocenters. The van der Waals surface area contributed by atoms with Gasteiger partial charge >= 0.3 is 0 Å². The number of anilines is 1. The number of carbonyl (C=O) groups excluding carboxylic acids is 2. The van der Waals surface area contributed by atoms with Crippen molar-refractivity contribution in [2.24, 2.45) is 5.73 Å². The molecule has 0 aliphatic carbocycles. The standard InChI is InChI=1S/C22H23N3O4S/c1-21(2)10-12-16(18(23)27)20(30-17(12)22(3,4)25-21)24-19(28)15-9-13(26)11-7-5-6-8-14(11)29-15/h5-9,25H,10H2,1-4H3,(H2,23,27)(H,24,28). The molecule has 156 valence electrons. The van der Waals surface area contributed by atoms with Gasteiger partial charge in [-0.1, -0.05) is 12.1 Å². The number of para-hydroxylation sites is 1.